The monoisotopic (exact) mass is 519 g/mol. The van der Waals surface area contributed by atoms with Crippen LogP contribution < -0.4 is 15.4 Å². The number of carbonyl (C=O) groups excluding carboxylic acids is 3. The normalized spacial score (nSPS) is 21.6. The number of oxime groups is 1. The van der Waals surface area contributed by atoms with Gasteiger partial charge in [-0.1, -0.05) is 11.2 Å². The highest BCUT2D eigenvalue weighted by molar-refractivity contribution is 6.08. The Balaban J connectivity index is 1.35. The average Bonchev–Trinajstić information content (AvgIpc) is 3.58. The summed E-state index contributed by atoms with van der Waals surface area (Å²) in [5.74, 6) is 0.240. The number of urea groups is 1. The quantitative estimate of drug-likeness (QED) is 0.152. The van der Waals surface area contributed by atoms with Gasteiger partial charge in [0.15, 0.2) is 11.4 Å². The maximum Gasteiger partial charge on any atom is 0.322 e. The molecule has 6 rings (SSSR count). The molecule has 0 aliphatic carbocycles. The molecular formula is C26H25N5O7. The van der Waals surface area contributed by atoms with Crippen LogP contribution in [0.2, 0.25) is 0 Å². The lowest BCUT2D eigenvalue weighted by Gasteiger charge is -2.29. The van der Waals surface area contributed by atoms with Crippen LogP contribution >= 0.6 is 0 Å². The predicted octanol–water partition coefficient (Wildman–Crippen LogP) is 1.60. The number of ether oxygens (including phenoxy) is 2. The number of carbonyl (C=O) groups is 3. The fourth-order valence-electron chi connectivity index (χ4n) is 5.21. The lowest BCUT2D eigenvalue weighted by Crippen LogP contribution is -2.52. The second kappa shape index (κ2) is 9.06. The Hall–Kier alpha value is -4.58. The number of nitrogens with one attached hydrogen (secondary N) is 2. The Morgan fingerprint density at radius 1 is 1.13 bits per heavy atom. The van der Waals surface area contributed by atoms with Crippen molar-refractivity contribution in [3.05, 3.63) is 64.9 Å². The predicted molar refractivity (Wildman–Crippen MR) is 133 cm³/mol. The number of amidine groups is 1. The van der Waals surface area contributed by atoms with Crippen LogP contribution in [0.3, 0.4) is 0 Å². The van der Waals surface area contributed by atoms with Crippen molar-refractivity contribution in [1.29, 1.82) is 0 Å². The van der Waals surface area contributed by atoms with Crippen LogP contribution in [-0.2, 0) is 21.6 Å². The van der Waals surface area contributed by atoms with Gasteiger partial charge in [0.25, 0.3) is 11.8 Å². The summed E-state index contributed by atoms with van der Waals surface area (Å²) in [4.78, 5) is 42.2. The summed E-state index contributed by atoms with van der Waals surface area (Å²) in [6.07, 6.45) is 0. The molecule has 3 aromatic rings. The van der Waals surface area contributed by atoms with Crippen molar-refractivity contribution in [3.63, 3.8) is 0 Å². The molecule has 1 aromatic heterocycles. The second-order valence-electron chi connectivity index (χ2n) is 9.38. The smallest absolute Gasteiger partial charge is 0.322 e. The summed E-state index contributed by atoms with van der Waals surface area (Å²) in [6, 6.07) is 11.5. The van der Waals surface area contributed by atoms with Crippen molar-refractivity contribution in [2.75, 3.05) is 40.0 Å². The van der Waals surface area contributed by atoms with E-state index in [9.17, 15) is 19.6 Å². The molecule has 2 fully saturated rings. The lowest BCUT2D eigenvalue weighted by molar-refractivity contribution is -0.125. The Bertz CT molecular complexity index is 1490. The van der Waals surface area contributed by atoms with Crippen LogP contribution in [0.15, 0.2) is 52.0 Å². The fourth-order valence-corrected chi connectivity index (χ4v) is 5.21. The number of nitrogens with zero attached hydrogens (tertiary/aromatic N) is 3. The summed E-state index contributed by atoms with van der Waals surface area (Å²) < 4.78 is 16.7. The van der Waals surface area contributed by atoms with Crippen molar-refractivity contribution in [3.8, 4) is 5.75 Å². The molecule has 12 heteroatoms. The largest absolute Gasteiger partial charge is 0.497 e. The number of fused-ring (bicyclic) bond motifs is 2. The zero-order chi connectivity index (χ0) is 26.4. The highest BCUT2D eigenvalue weighted by Gasteiger charge is 2.53. The summed E-state index contributed by atoms with van der Waals surface area (Å²) >= 11 is 0. The number of hydrogen-bond acceptors (Lipinski definition) is 8. The highest BCUT2D eigenvalue weighted by atomic mass is 16.5. The van der Waals surface area contributed by atoms with E-state index in [1.54, 1.807) is 36.4 Å². The molecule has 0 saturated carbocycles. The third kappa shape index (κ3) is 3.80. The molecule has 4 amide bonds. The molecule has 1 atom stereocenters. The number of benzene rings is 2. The Kier molecular flexibility index (Phi) is 5.68. The second-order valence-corrected chi connectivity index (χ2v) is 9.38. The number of imide groups is 1. The van der Waals surface area contributed by atoms with Crippen molar-refractivity contribution in [1.82, 2.24) is 20.4 Å². The number of furan rings is 1. The first-order chi connectivity index (χ1) is 18.4. The maximum absolute atomic E-state index is 13.2. The van der Waals surface area contributed by atoms with E-state index in [1.165, 1.54) is 12.0 Å². The summed E-state index contributed by atoms with van der Waals surface area (Å²) in [6.45, 7) is 2.36. The molecule has 38 heavy (non-hydrogen) atoms. The lowest BCUT2D eigenvalue weighted by atomic mass is 9.95. The van der Waals surface area contributed by atoms with E-state index < -0.39 is 17.5 Å². The molecule has 3 aliphatic rings. The molecule has 196 valence electrons. The maximum atomic E-state index is 13.2. The minimum absolute atomic E-state index is 0.135. The topological polar surface area (TPSA) is 146 Å². The fraction of sp³-hybridized carbons (Fsp3) is 0.308. The van der Waals surface area contributed by atoms with Gasteiger partial charge in [0.2, 0.25) is 0 Å². The summed E-state index contributed by atoms with van der Waals surface area (Å²) in [5.41, 5.74) is 0.775. The first-order valence-electron chi connectivity index (χ1n) is 12.1. The van der Waals surface area contributed by atoms with Crippen LogP contribution in [0, 0.1) is 0 Å². The Morgan fingerprint density at radius 3 is 2.66 bits per heavy atom. The number of amides is 4. The van der Waals surface area contributed by atoms with Gasteiger partial charge in [0, 0.05) is 36.1 Å². The van der Waals surface area contributed by atoms with Crippen LogP contribution in [0.1, 0.15) is 27.2 Å². The number of rotatable bonds is 5. The van der Waals surface area contributed by atoms with Gasteiger partial charge in [-0.25, -0.2) is 4.79 Å². The number of morpholine rings is 1. The number of hydrogen-bond donors (Lipinski definition) is 3. The molecule has 12 nitrogen and oxygen atoms in total. The molecule has 0 bridgehead atoms. The number of methoxy groups -OCH3 is 1. The molecule has 0 unspecified atom stereocenters. The van der Waals surface area contributed by atoms with E-state index in [2.05, 4.69) is 15.8 Å². The van der Waals surface area contributed by atoms with Crippen molar-refractivity contribution in [2.24, 2.45) is 5.16 Å². The van der Waals surface area contributed by atoms with E-state index in [4.69, 9.17) is 13.9 Å². The van der Waals surface area contributed by atoms with Crippen LogP contribution in [0.25, 0.3) is 11.0 Å². The van der Waals surface area contributed by atoms with Gasteiger partial charge < -0.3 is 34.2 Å². The van der Waals surface area contributed by atoms with E-state index in [1.807, 2.05) is 11.0 Å². The zero-order valence-electron chi connectivity index (χ0n) is 20.5. The van der Waals surface area contributed by atoms with E-state index in [0.717, 1.165) is 5.56 Å². The van der Waals surface area contributed by atoms with Crippen LogP contribution in [-0.4, -0.2) is 78.6 Å². The van der Waals surface area contributed by atoms with Crippen LogP contribution in [0.5, 0.6) is 5.75 Å². The summed E-state index contributed by atoms with van der Waals surface area (Å²) in [5, 5.41) is 18.8. The van der Waals surface area contributed by atoms with E-state index >= 15 is 0 Å². The molecule has 2 saturated heterocycles. The molecule has 0 spiro atoms. The molecule has 0 radical (unpaired) electrons. The van der Waals surface area contributed by atoms with Crippen LogP contribution in [0.4, 0.5) is 4.79 Å². The average molecular weight is 520 g/mol. The molecule has 4 heterocycles. The first-order valence-corrected chi connectivity index (χ1v) is 12.1. The van der Waals surface area contributed by atoms with Gasteiger partial charge in [-0.15, -0.1) is 0 Å². The van der Waals surface area contributed by atoms with Gasteiger partial charge in [0.05, 0.1) is 26.9 Å². The molecule has 3 aliphatic heterocycles. The van der Waals surface area contributed by atoms with E-state index in [-0.39, 0.29) is 24.8 Å². The SMILES string of the molecule is COc1ccc2c(c1)C(=O)N(C[C@@]1(c3cc4cc(/C(=N/O)N5CCOCC5)ccc4o3)NC(=O)NC1=O)C2. The molecular weight excluding hydrogens is 494 g/mol. The highest BCUT2D eigenvalue weighted by Crippen LogP contribution is 2.35. The van der Waals surface area contributed by atoms with Gasteiger partial charge >= 0.3 is 6.03 Å². The van der Waals surface area contributed by atoms with Gasteiger partial charge in [-0.2, -0.15) is 0 Å². The van der Waals surface area contributed by atoms with Crippen molar-refractivity contribution >= 4 is 34.7 Å². The Labute approximate surface area is 216 Å². The standard InChI is InChI=1S/C26H25N5O7/c1-36-18-4-2-16-13-31(23(32)19(16)12-18)14-26(24(33)27-25(34)28-26)21-11-17-10-15(3-5-20(17)38-21)22(29-35)30-6-8-37-9-7-30/h2-5,10-12,35H,6-9,13-14H2,1H3,(H2,27,28,33,34)/b29-22-/t26-/m0/s1. The van der Waals surface area contributed by atoms with Gasteiger partial charge in [-0.05, 0) is 42.0 Å². The van der Waals surface area contributed by atoms with Gasteiger partial charge in [0.1, 0.15) is 17.1 Å². The van der Waals surface area contributed by atoms with Crippen molar-refractivity contribution < 1.29 is 33.5 Å². The zero-order valence-corrected chi connectivity index (χ0v) is 20.5. The molecule has 2 aromatic carbocycles. The van der Waals surface area contributed by atoms with Gasteiger partial charge in [-0.3, -0.25) is 14.9 Å². The van der Waals surface area contributed by atoms with E-state index in [0.29, 0.717) is 60.0 Å². The molecule has 3 N–H and O–H groups in total. The third-order valence-corrected chi connectivity index (χ3v) is 7.17. The minimum atomic E-state index is -1.63. The van der Waals surface area contributed by atoms with Crippen molar-refractivity contribution in [2.45, 2.75) is 12.1 Å². The third-order valence-electron chi connectivity index (χ3n) is 7.17. The first kappa shape index (κ1) is 23.8. The minimum Gasteiger partial charge on any atom is -0.497 e. The Morgan fingerprint density at radius 2 is 1.95 bits per heavy atom. The summed E-state index contributed by atoms with van der Waals surface area (Å²) in [7, 11) is 1.52.